The molecule has 1 aliphatic carbocycles. The second-order valence-corrected chi connectivity index (χ2v) is 7.43. The van der Waals surface area contributed by atoms with E-state index in [2.05, 4.69) is 10.3 Å². The van der Waals surface area contributed by atoms with Gasteiger partial charge in [-0.15, -0.1) is 11.3 Å². The van der Waals surface area contributed by atoms with Gasteiger partial charge in [0.2, 0.25) is 0 Å². The predicted octanol–water partition coefficient (Wildman–Crippen LogP) is 3.50. The Bertz CT molecular complexity index is 778. The van der Waals surface area contributed by atoms with Gasteiger partial charge in [0.15, 0.2) is 11.7 Å². The van der Waals surface area contributed by atoms with Crippen molar-refractivity contribution >= 4 is 28.3 Å². The van der Waals surface area contributed by atoms with Gasteiger partial charge >= 0.3 is 5.97 Å². The zero-order valence-electron chi connectivity index (χ0n) is 14.1. The molecule has 3 rings (SSSR count). The van der Waals surface area contributed by atoms with E-state index in [1.165, 1.54) is 23.5 Å². The summed E-state index contributed by atoms with van der Waals surface area (Å²) in [6.07, 6.45) is 2.18. The van der Waals surface area contributed by atoms with Gasteiger partial charge in [-0.1, -0.05) is 18.6 Å². The number of carbonyl (C=O) groups excluding carboxylic acids is 2. The number of aryl methyl sites for hydroxylation is 2. The summed E-state index contributed by atoms with van der Waals surface area (Å²) in [6.45, 7) is 3.43. The van der Waals surface area contributed by atoms with Gasteiger partial charge in [-0.25, -0.2) is 9.37 Å². The SMILES string of the molecule is Cc1nc(NC(=O)COC(=O)C2(c3ccc(F)cc3)CCC2)sc1C. The minimum atomic E-state index is -0.762. The molecule has 7 heteroatoms. The van der Waals surface area contributed by atoms with Crippen LogP contribution >= 0.6 is 11.3 Å². The smallest absolute Gasteiger partial charge is 0.317 e. The van der Waals surface area contributed by atoms with Crippen LogP contribution in [0.5, 0.6) is 0 Å². The first kappa shape index (κ1) is 17.5. The minimum absolute atomic E-state index is 0.347. The second-order valence-electron chi connectivity index (χ2n) is 6.23. The van der Waals surface area contributed by atoms with E-state index in [1.807, 2.05) is 13.8 Å². The molecule has 25 heavy (non-hydrogen) atoms. The molecule has 1 amide bonds. The number of halogens is 1. The molecule has 5 nitrogen and oxygen atoms in total. The Morgan fingerprint density at radius 1 is 1.28 bits per heavy atom. The summed E-state index contributed by atoms with van der Waals surface area (Å²) in [5, 5.41) is 3.13. The molecule has 1 N–H and O–H groups in total. The first-order valence-electron chi connectivity index (χ1n) is 8.08. The molecule has 2 aromatic rings. The van der Waals surface area contributed by atoms with Crippen LogP contribution in [0.25, 0.3) is 0 Å². The van der Waals surface area contributed by atoms with Crippen molar-refractivity contribution in [2.45, 2.75) is 38.5 Å². The summed E-state index contributed by atoms with van der Waals surface area (Å²) in [7, 11) is 0. The summed E-state index contributed by atoms with van der Waals surface area (Å²) in [6, 6.07) is 5.89. The highest BCUT2D eigenvalue weighted by atomic mass is 32.1. The summed E-state index contributed by atoms with van der Waals surface area (Å²) < 4.78 is 18.4. The number of nitrogens with one attached hydrogen (secondary N) is 1. The minimum Gasteiger partial charge on any atom is -0.455 e. The molecule has 1 saturated carbocycles. The largest absolute Gasteiger partial charge is 0.455 e. The Kier molecular flexibility index (Phi) is 4.85. The van der Waals surface area contributed by atoms with Crippen molar-refractivity contribution in [3.05, 3.63) is 46.2 Å². The van der Waals surface area contributed by atoms with E-state index >= 15 is 0 Å². The molecular formula is C18H19FN2O3S. The first-order valence-corrected chi connectivity index (χ1v) is 8.89. The van der Waals surface area contributed by atoms with Crippen LogP contribution in [0, 0.1) is 19.7 Å². The molecule has 1 aliphatic rings. The average molecular weight is 362 g/mol. The summed E-state index contributed by atoms with van der Waals surface area (Å²) >= 11 is 1.38. The van der Waals surface area contributed by atoms with Crippen LogP contribution < -0.4 is 5.32 Å². The van der Waals surface area contributed by atoms with Crippen molar-refractivity contribution < 1.29 is 18.7 Å². The van der Waals surface area contributed by atoms with Gasteiger partial charge in [0, 0.05) is 4.88 Å². The van der Waals surface area contributed by atoms with E-state index < -0.39 is 17.3 Å². The molecular weight excluding hydrogens is 343 g/mol. The van der Waals surface area contributed by atoms with Gasteiger partial charge in [0.1, 0.15) is 5.82 Å². The number of hydrogen-bond donors (Lipinski definition) is 1. The maximum atomic E-state index is 13.1. The summed E-state index contributed by atoms with van der Waals surface area (Å²) in [5.41, 5.74) is 0.835. The van der Waals surface area contributed by atoms with Crippen LogP contribution in [0.2, 0.25) is 0 Å². The highest BCUT2D eigenvalue weighted by Crippen LogP contribution is 2.44. The molecule has 0 bridgehead atoms. The van der Waals surface area contributed by atoms with E-state index in [9.17, 15) is 14.0 Å². The monoisotopic (exact) mass is 362 g/mol. The number of aromatic nitrogens is 1. The fraction of sp³-hybridized carbons (Fsp3) is 0.389. The Morgan fingerprint density at radius 2 is 1.96 bits per heavy atom. The lowest BCUT2D eigenvalue weighted by Crippen LogP contribution is -2.44. The van der Waals surface area contributed by atoms with E-state index in [4.69, 9.17) is 4.74 Å². The predicted molar refractivity (Wildman–Crippen MR) is 93.1 cm³/mol. The third-order valence-corrected chi connectivity index (χ3v) is 5.59. The molecule has 0 saturated heterocycles. The number of benzene rings is 1. The van der Waals surface area contributed by atoms with Crippen LogP contribution in [-0.4, -0.2) is 23.5 Å². The molecule has 0 radical (unpaired) electrons. The van der Waals surface area contributed by atoms with E-state index in [1.54, 1.807) is 12.1 Å². The number of carbonyl (C=O) groups is 2. The topological polar surface area (TPSA) is 68.3 Å². The number of hydrogen-bond acceptors (Lipinski definition) is 5. The Labute approximate surface area is 149 Å². The molecule has 132 valence electrons. The molecule has 0 unspecified atom stereocenters. The van der Waals surface area contributed by atoms with E-state index in [0.717, 1.165) is 22.6 Å². The quantitative estimate of drug-likeness (QED) is 0.827. The highest BCUT2D eigenvalue weighted by Gasteiger charge is 2.47. The molecule has 1 aromatic heterocycles. The molecule has 1 heterocycles. The van der Waals surface area contributed by atoms with E-state index in [-0.39, 0.29) is 12.4 Å². The van der Waals surface area contributed by atoms with Gasteiger partial charge in [-0.05, 0) is 44.4 Å². The number of amides is 1. The van der Waals surface area contributed by atoms with Crippen molar-refractivity contribution in [2.75, 3.05) is 11.9 Å². The number of rotatable bonds is 5. The molecule has 0 atom stereocenters. The Hall–Kier alpha value is -2.28. The van der Waals surface area contributed by atoms with Gasteiger partial charge in [0.25, 0.3) is 5.91 Å². The molecule has 1 fully saturated rings. The number of nitrogens with zero attached hydrogens (tertiary/aromatic N) is 1. The van der Waals surface area contributed by atoms with Crippen LogP contribution in [0.1, 0.15) is 35.4 Å². The van der Waals surface area contributed by atoms with Crippen molar-refractivity contribution in [3.8, 4) is 0 Å². The van der Waals surface area contributed by atoms with E-state index in [0.29, 0.717) is 18.0 Å². The van der Waals surface area contributed by atoms with Crippen LogP contribution in [0.3, 0.4) is 0 Å². The maximum Gasteiger partial charge on any atom is 0.317 e. The molecule has 1 aromatic carbocycles. The number of ether oxygens (including phenoxy) is 1. The number of thiazole rings is 1. The highest BCUT2D eigenvalue weighted by molar-refractivity contribution is 7.15. The molecule has 0 spiro atoms. The fourth-order valence-corrected chi connectivity index (χ4v) is 3.69. The number of anilines is 1. The third kappa shape index (κ3) is 3.56. The van der Waals surface area contributed by atoms with Gasteiger partial charge in [-0.3, -0.25) is 14.9 Å². The molecule has 0 aliphatic heterocycles. The summed E-state index contributed by atoms with van der Waals surface area (Å²) in [4.78, 5) is 29.8. The lowest BCUT2D eigenvalue weighted by molar-refractivity contribution is -0.156. The third-order valence-electron chi connectivity index (χ3n) is 4.60. The lowest BCUT2D eigenvalue weighted by atomic mass is 9.64. The summed E-state index contributed by atoms with van der Waals surface area (Å²) in [5.74, 6) is -1.21. The van der Waals surface area contributed by atoms with Crippen LogP contribution in [0.15, 0.2) is 24.3 Å². The van der Waals surface area contributed by atoms with Gasteiger partial charge in [0.05, 0.1) is 11.1 Å². The second kappa shape index (κ2) is 6.92. The average Bonchev–Trinajstić information content (AvgIpc) is 2.84. The van der Waals surface area contributed by atoms with Crippen molar-refractivity contribution in [1.29, 1.82) is 0 Å². The number of esters is 1. The maximum absolute atomic E-state index is 13.1. The Balaban J connectivity index is 1.61. The van der Waals surface area contributed by atoms with Crippen molar-refractivity contribution in [1.82, 2.24) is 4.98 Å². The fourth-order valence-electron chi connectivity index (χ4n) is 2.86. The Morgan fingerprint density at radius 3 is 2.48 bits per heavy atom. The van der Waals surface area contributed by atoms with Gasteiger partial charge < -0.3 is 4.74 Å². The lowest BCUT2D eigenvalue weighted by Gasteiger charge is -2.39. The normalized spacial score (nSPS) is 15.3. The van der Waals surface area contributed by atoms with Crippen molar-refractivity contribution in [2.24, 2.45) is 0 Å². The van der Waals surface area contributed by atoms with Crippen LogP contribution in [0.4, 0.5) is 9.52 Å². The zero-order chi connectivity index (χ0) is 18.0. The first-order chi connectivity index (χ1) is 11.9. The standard InChI is InChI=1S/C18H19FN2O3S/c1-11-12(2)25-17(20-11)21-15(22)10-24-16(23)18(8-3-9-18)13-4-6-14(19)7-5-13/h4-7H,3,8-10H2,1-2H3,(H,20,21,22). The van der Waals surface area contributed by atoms with Crippen molar-refractivity contribution in [3.63, 3.8) is 0 Å². The van der Waals surface area contributed by atoms with Crippen LogP contribution in [-0.2, 0) is 19.7 Å². The zero-order valence-corrected chi connectivity index (χ0v) is 14.9. The van der Waals surface area contributed by atoms with Gasteiger partial charge in [-0.2, -0.15) is 0 Å².